The predicted octanol–water partition coefficient (Wildman–Crippen LogP) is 4.62. The van der Waals surface area contributed by atoms with Crippen molar-refractivity contribution >= 4 is 11.6 Å². The fourth-order valence-corrected chi connectivity index (χ4v) is 3.21. The Labute approximate surface area is 149 Å². The lowest BCUT2D eigenvalue weighted by Gasteiger charge is -2.17. The average Bonchev–Trinajstić information content (AvgIpc) is 2.64. The molecule has 0 aliphatic heterocycles. The maximum absolute atomic E-state index is 12.6. The second-order valence-electron chi connectivity index (χ2n) is 6.17. The van der Waals surface area contributed by atoms with E-state index in [9.17, 15) is 4.79 Å². The van der Waals surface area contributed by atoms with Crippen molar-refractivity contribution in [1.29, 1.82) is 0 Å². The number of anilines is 1. The lowest BCUT2D eigenvalue weighted by molar-refractivity contribution is 0.102. The van der Waals surface area contributed by atoms with E-state index in [2.05, 4.69) is 11.4 Å². The topological polar surface area (TPSA) is 47.6 Å². The zero-order chi connectivity index (χ0) is 17.6. The van der Waals surface area contributed by atoms with E-state index in [-0.39, 0.29) is 5.91 Å². The molecule has 4 heteroatoms. The second kappa shape index (κ2) is 8.06. The molecule has 0 fully saturated rings. The number of nitrogens with one attached hydrogen (secondary N) is 1. The third kappa shape index (κ3) is 4.13. The first-order valence-corrected chi connectivity index (χ1v) is 9.04. The van der Waals surface area contributed by atoms with Crippen LogP contribution in [0.5, 0.6) is 11.5 Å². The Balaban J connectivity index is 1.77. The maximum Gasteiger partial charge on any atom is 0.255 e. The summed E-state index contributed by atoms with van der Waals surface area (Å²) in [5.74, 6) is 1.24. The highest BCUT2D eigenvalue weighted by molar-refractivity contribution is 6.04. The summed E-state index contributed by atoms with van der Waals surface area (Å²) in [5, 5.41) is 2.96. The smallest absolute Gasteiger partial charge is 0.255 e. The number of hydrogen-bond acceptors (Lipinski definition) is 3. The first-order chi connectivity index (χ1) is 12.2. The highest BCUT2D eigenvalue weighted by atomic mass is 16.5. The van der Waals surface area contributed by atoms with Gasteiger partial charge in [-0.25, -0.2) is 0 Å². The lowest BCUT2D eigenvalue weighted by atomic mass is 9.90. The Morgan fingerprint density at radius 1 is 0.920 bits per heavy atom. The van der Waals surface area contributed by atoms with Crippen molar-refractivity contribution in [3.8, 4) is 11.5 Å². The molecule has 0 radical (unpaired) electrons. The molecule has 1 amide bonds. The van der Waals surface area contributed by atoms with Crippen LogP contribution in [0.1, 0.15) is 48.2 Å². The quantitative estimate of drug-likeness (QED) is 0.836. The molecule has 132 valence electrons. The highest BCUT2D eigenvalue weighted by Gasteiger charge is 2.14. The first-order valence-electron chi connectivity index (χ1n) is 9.04. The van der Waals surface area contributed by atoms with E-state index in [0.717, 1.165) is 12.8 Å². The number of aryl methyl sites for hydroxylation is 2. The molecule has 25 heavy (non-hydrogen) atoms. The number of amides is 1. The van der Waals surface area contributed by atoms with Crippen molar-refractivity contribution in [3.63, 3.8) is 0 Å². The van der Waals surface area contributed by atoms with Gasteiger partial charge in [0.2, 0.25) is 0 Å². The van der Waals surface area contributed by atoms with Crippen molar-refractivity contribution < 1.29 is 14.3 Å². The summed E-state index contributed by atoms with van der Waals surface area (Å²) in [6, 6.07) is 11.5. The van der Waals surface area contributed by atoms with Gasteiger partial charge in [-0.1, -0.05) is 6.07 Å². The predicted molar refractivity (Wildman–Crippen MR) is 99.8 cm³/mol. The lowest BCUT2D eigenvalue weighted by Crippen LogP contribution is -2.14. The van der Waals surface area contributed by atoms with Crippen LogP contribution in [0, 0.1) is 0 Å². The Hall–Kier alpha value is -2.49. The molecule has 0 saturated carbocycles. The third-order valence-corrected chi connectivity index (χ3v) is 4.41. The van der Waals surface area contributed by atoms with E-state index >= 15 is 0 Å². The van der Waals surface area contributed by atoms with Crippen LogP contribution in [0.25, 0.3) is 0 Å². The Morgan fingerprint density at radius 3 is 2.40 bits per heavy atom. The molecule has 1 aliphatic rings. The normalized spacial score (nSPS) is 13.0. The SMILES string of the molecule is CCOc1ccc(NC(=O)c2ccc3c(c2)CCCC3)cc1OCC. The number of ether oxygens (including phenoxy) is 2. The highest BCUT2D eigenvalue weighted by Crippen LogP contribution is 2.31. The van der Waals surface area contributed by atoms with Gasteiger partial charge in [0.1, 0.15) is 0 Å². The molecule has 3 rings (SSSR count). The van der Waals surface area contributed by atoms with Gasteiger partial charge < -0.3 is 14.8 Å². The molecular formula is C21H25NO3. The van der Waals surface area contributed by atoms with Gasteiger partial charge in [-0.05, 0) is 74.9 Å². The summed E-state index contributed by atoms with van der Waals surface area (Å²) in [6.07, 6.45) is 4.63. The van der Waals surface area contributed by atoms with Gasteiger partial charge in [-0.15, -0.1) is 0 Å². The van der Waals surface area contributed by atoms with Crippen molar-refractivity contribution in [1.82, 2.24) is 0 Å². The Morgan fingerprint density at radius 2 is 1.64 bits per heavy atom. The summed E-state index contributed by atoms with van der Waals surface area (Å²) < 4.78 is 11.2. The van der Waals surface area contributed by atoms with Gasteiger partial charge in [-0.2, -0.15) is 0 Å². The minimum atomic E-state index is -0.0972. The minimum Gasteiger partial charge on any atom is -0.490 e. The van der Waals surface area contributed by atoms with Gasteiger partial charge in [0.25, 0.3) is 5.91 Å². The second-order valence-corrected chi connectivity index (χ2v) is 6.17. The van der Waals surface area contributed by atoms with Crippen molar-refractivity contribution in [3.05, 3.63) is 53.1 Å². The number of benzene rings is 2. The maximum atomic E-state index is 12.6. The van der Waals surface area contributed by atoms with Crippen molar-refractivity contribution in [2.45, 2.75) is 39.5 Å². The van der Waals surface area contributed by atoms with E-state index in [1.165, 1.54) is 24.0 Å². The van der Waals surface area contributed by atoms with Gasteiger partial charge in [0.05, 0.1) is 13.2 Å². The molecule has 1 N–H and O–H groups in total. The third-order valence-electron chi connectivity index (χ3n) is 4.41. The van der Waals surface area contributed by atoms with E-state index in [1.807, 2.05) is 44.2 Å². The summed E-state index contributed by atoms with van der Waals surface area (Å²) in [7, 11) is 0. The Bertz CT molecular complexity index is 755. The van der Waals surface area contributed by atoms with E-state index in [0.29, 0.717) is 36.0 Å². The average molecular weight is 339 g/mol. The van der Waals surface area contributed by atoms with Gasteiger partial charge in [0.15, 0.2) is 11.5 Å². The molecule has 0 saturated heterocycles. The van der Waals surface area contributed by atoms with Crippen LogP contribution >= 0.6 is 0 Å². The fourth-order valence-electron chi connectivity index (χ4n) is 3.21. The number of carbonyl (C=O) groups excluding carboxylic acids is 1. The molecular weight excluding hydrogens is 314 g/mol. The van der Waals surface area contributed by atoms with Crippen LogP contribution in [-0.2, 0) is 12.8 Å². The van der Waals surface area contributed by atoms with Crippen molar-refractivity contribution in [2.75, 3.05) is 18.5 Å². The van der Waals surface area contributed by atoms with Crippen LogP contribution in [0.2, 0.25) is 0 Å². The summed E-state index contributed by atoms with van der Waals surface area (Å²) in [4.78, 5) is 12.6. The molecule has 2 aromatic carbocycles. The first kappa shape index (κ1) is 17.3. The van der Waals surface area contributed by atoms with Gasteiger partial charge >= 0.3 is 0 Å². The molecule has 0 aromatic heterocycles. The van der Waals surface area contributed by atoms with Crippen LogP contribution in [0.3, 0.4) is 0 Å². The number of fused-ring (bicyclic) bond motifs is 1. The molecule has 0 unspecified atom stereocenters. The van der Waals surface area contributed by atoms with Crippen LogP contribution in [-0.4, -0.2) is 19.1 Å². The van der Waals surface area contributed by atoms with Crippen LogP contribution in [0.4, 0.5) is 5.69 Å². The zero-order valence-corrected chi connectivity index (χ0v) is 14.9. The monoisotopic (exact) mass is 339 g/mol. The fraction of sp³-hybridized carbons (Fsp3) is 0.381. The van der Waals surface area contributed by atoms with E-state index in [4.69, 9.17) is 9.47 Å². The summed E-state index contributed by atoms with van der Waals surface area (Å²) in [6.45, 7) is 4.97. The summed E-state index contributed by atoms with van der Waals surface area (Å²) >= 11 is 0. The van der Waals surface area contributed by atoms with Gasteiger partial charge in [0, 0.05) is 17.3 Å². The van der Waals surface area contributed by atoms with E-state index in [1.54, 1.807) is 0 Å². The number of carbonyl (C=O) groups is 1. The van der Waals surface area contributed by atoms with E-state index < -0.39 is 0 Å². The zero-order valence-electron chi connectivity index (χ0n) is 14.9. The van der Waals surface area contributed by atoms with Crippen molar-refractivity contribution in [2.24, 2.45) is 0 Å². The van der Waals surface area contributed by atoms with Gasteiger partial charge in [-0.3, -0.25) is 4.79 Å². The molecule has 4 nitrogen and oxygen atoms in total. The molecule has 2 aromatic rings. The molecule has 0 atom stereocenters. The van der Waals surface area contributed by atoms with Crippen LogP contribution < -0.4 is 14.8 Å². The molecule has 0 heterocycles. The summed E-state index contributed by atoms with van der Waals surface area (Å²) in [5.41, 5.74) is 4.09. The van der Waals surface area contributed by atoms with Crippen LogP contribution in [0.15, 0.2) is 36.4 Å². The largest absolute Gasteiger partial charge is 0.490 e. The minimum absolute atomic E-state index is 0.0972. The number of hydrogen-bond donors (Lipinski definition) is 1. The molecule has 1 aliphatic carbocycles. The Kier molecular flexibility index (Phi) is 5.59. The molecule has 0 spiro atoms. The molecule has 0 bridgehead atoms. The number of rotatable bonds is 6. The standard InChI is InChI=1S/C21H25NO3/c1-3-24-19-12-11-18(14-20(19)25-4-2)22-21(23)17-10-9-15-7-5-6-8-16(15)13-17/h9-14H,3-8H2,1-2H3,(H,22,23).